The zero-order chi connectivity index (χ0) is 13.7. The minimum atomic E-state index is 0.0366. The Hall–Kier alpha value is -0.160. The van der Waals surface area contributed by atoms with Gasteiger partial charge in [-0.25, -0.2) is 0 Å². The van der Waals surface area contributed by atoms with Crippen LogP contribution in [-0.4, -0.2) is 5.33 Å². The highest BCUT2D eigenvalue weighted by atomic mass is 79.9. The molecule has 0 saturated heterocycles. The second-order valence-corrected chi connectivity index (χ2v) is 6.52. The van der Waals surface area contributed by atoms with Gasteiger partial charge in [0.15, 0.2) is 0 Å². The van der Waals surface area contributed by atoms with Crippen LogP contribution < -0.4 is 0 Å². The van der Waals surface area contributed by atoms with Crippen LogP contribution in [0.2, 0.25) is 0 Å². The molecule has 0 saturated carbocycles. The SMILES string of the molecule is BrCC(OCc1cccc(Br)c1)c1ccccc1Br. The van der Waals surface area contributed by atoms with Crippen molar-refractivity contribution in [2.24, 2.45) is 0 Å². The van der Waals surface area contributed by atoms with Crippen molar-refractivity contribution in [2.45, 2.75) is 12.7 Å². The summed E-state index contributed by atoms with van der Waals surface area (Å²) in [7, 11) is 0. The molecular formula is C15H13Br3O. The number of hydrogen-bond donors (Lipinski definition) is 0. The van der Waals surface area contributed by atoms with Gasteiger partial charge in [-0.15, -0.1) is 0 Å². The third kappa shape index (κ3) is 4.42. The lowest BCUT2D eigenvalue weighted by molar-refractivity contribution is 0.0561. The van der Waals surface area contributed by atoms with Gasteiger partial charge in [0.05, 0.1) is 12.7 Å². The van der Waals surface area contributed by atoms with Crippen LogP contribution in [0.5, 0.6) is 0 Å². The van der Waals surface area contributed by atoms with Crippen molar-refractivity contribution >= 4 is 47.8 Å². The van der Waals surface area contributed by atoms with Crippen LogP contribution in [0.4, 0.5) is 0 Å². The van der Waals surface area contributed by atoms with Crippen molar-refractivity contribution in [3.63, 3.8) is 0 Å². The van der Waals surface area contributed by atoms with E-state index < -0.39 is 0 Å². The molecule has 0 amide bonds. The van der Waals surface area contributed by atoms with Crippen LogP contribution in [0.15, 0.2) is 57.5 Å². The molecule has 0 spiro atoms. The lowest BCUT2D eigenvalue weighted by Gasteiger charge is -2.17. The third-order valence-electron chi connectivity index (χ3n) is 2.73. The fourth-order valence-electron chi connectivity index (χ4n) is 1.78. The Labute approximate surface area is 138 Å². The maximum Gasteiger partial charge on any atom is 0.0937 e. The quantitative estimate of drug-likeness (QED) is 0.520. The van der Waals surface area contributed by atoms with Gasteiger partial charge >= 0.3 is 0 Å². The summed E-state index contributed by atoms with van der Waals surface area (Å²) in [6, 6.07) is 16.3. The Morgan fingerprint density at radius 1 is 1.00 bits per heavy atom. The first kappa shape index (κ1) is 15.2. The molecular weight excluding hydrogens is 436 g/mol. The van der Waals surface area contributed by atoms with Gasteiger partial charge in [-0.1, -0.05) is 78.1 Å². The van der Waals surface area contributed by atoms with Crippen LogP contribution in [0.3, 0.4) is 0 Å². The molecule has 100 valence electrons. The average molecular weight is 449 g/mol. The highest BCUT2D eigenvalue weighted by Crippen LogP contribution is 2.28. The van der Waals surface area contributed by atoms with Gasteiger partial charge in [0, 0.05) is 14.3 Å². The van der Waals surface area contributed by atoms with Crippen molar-refractivity contribution in [3.8, 4) is 0 Å². The molecule has 2 rings (SSSR count). The summed E-state index contributed by atoms with van der Waals surface area (Å²) in [6.45, 7) is 0.594. The largest absolute Gasteiger partial charge is 0.368 e. The Kier molecular flexibility index (Phi) is 6.07. The average Bonchev–Trinajstić information content (AvgIpc) is 2.41. The standard InChI is InChI=1S/C15H13Br3O/c16-9-15(13-6-1-2-7-14(13)18)19-10-11-4-3-5-12(17)8-11/h1-8,15H,9-10H2. The minimum absolute atomic E-state index is 0.0366. The number of hydrogen-bond acceptors (Lipinski definition) is 1. The van der Waals surface area contributed by atoms with Crippen LogP contribution in [0.1, 0.15) is 17.2 Å². The molecule has 0 aliphatic heterocycles. The van der Waals surface area contributed by atoms with Gasteiger partial charge in [0.1, 0.15) is 0 Å². The predicted octanol–water partition coefficient (Wildman–Crippen LogP) is 5.86. The van der Waals surface area contributed by atoms with Crippen molar-refractivity contribution < 1.29 is 4.74 Å². The number of halogens is 3. The number of benzene rings is 2. The molecule has 4 heteroatoms. The molecule has 2 aromatic carbocycles. The molecule has 2 aromatic rings. The summed E-state index contributed by atoms with van der Waals surface area (Å²) >= 11 is 10.6. The first-order valence-electron chi connectivity index (χ1n) is 5.87. The summed E-state index contributed by atoms with van der Waals surface area (Å²) in [5, 5.41) is 0.767. The molecule has 0 aliphatic rings. The van der Waals surface area contributed by atoms with Crippen LogP contribution in [-0.2, 0) is 11.3 Å². The molecule has 0 radical (unpaired) electrons. The van der Waals surface area contributed by atoms with Gasteiger partial charge < -0.3 is 4.74 Å². The third-order valence-corrected chi connectivity index (χ3v) is 4.54. The molecule has 1 unspecified atom stereocenters. The second-order valence-electron chi connectivity index (χ2n) is 4.11. The van der Waals surface area contributed by atoms with Crippen LogP contribution in [0, 0.1) is 0 Å². The molecule has 19 heavy (non-hydrogen) atoms. The van der Waals surface area contributed by atoms with Gasteiger partial charge in [0.25, 0.3) is 0 Å². The summed E-state index contributed by atoms with van der Waals surface area (Å²) in [5.41, 5.74) is 2.32. The maximum absolute atomic E-state index is 6.00. The fraction of sp³-hybridized carbons (Fsp3) is 0.200. The molecule has 0 N–H and O–H groups in total. The minimum Gasteiger partial charge on any atom is -0.368 e. The van der Waals surface area contributed by atoms with Crippen molar-refractivity contribution in [1.82, 2.24) is 0 Å². The summed E-state index contributed by atoms with van der Waals surface area (Å²) in [5.74, 6) is 0. The maximum atomic E-state index is 6.00. The number of ether oxygens (including phenoxy) is 1. The van der Waals surface area contributed by atoms with Gasteiger partial charge in [-0.2, -0.15) is 0 Å². The summed E-state index contributed by atoms with van der Waals surface area (Å²) in [4.78, 5) is 0. The molecule has 1 nitrogen and oxygen atoms in total. The van der Waals surface area contributed by atoms with Crippen molar-refractivity contribution in [2.75, 3.05) is 5.33 Å². The highest BCUT2D eigenvalue weighted by molar-refractivity contribution is 9.11. The number of rotatable bonds is 5. The lowest BCUT2D eigenvalue weighted by Crippen LogP contribution is -2.06. The topological polar surface area (TPSA) is 9.23 Å². The summed E-state index contributed by atoms with van der Waals surface area (Å²) < 4.78 is 8.15. The molecule has 0 aromatic heterocycles. The first-order valence-corrected chi connectivity index (χ1v) is 8.58. The number of alkyl halides is 1. The monoisotopic (exact) mass is 446 g/mol. The van der Waals surface area contributed by atoms with E-state index in [0.29, 0.717) is 6.61 Å². The normalized spacial score (nSPS) is 12.4. The predicted molar refractivity (Wildman–Crippen MR) is 89.6 cm³/mol. The van der Waals surface area contributed by atoms with E-state index in [1.54, 1.807) is 0 Å². The van der Waals surface area contributed by atoms with E-state index in [9.17, 15) is 0 Å². The van der Waals surface area contributed by atoms with E-state index in [4.69, 9.17) is 4.74 Å². The molecule has 0 aliphatic carbocycles. The van der Waals surface area contributed by atoms with E-state index in [2.05, 4.69) is 66.0 Å². The second kappa shape index (κ2) is 7.58. The van der Waals surface area contributed by atoms with Gasteiger partial charge in [-0.3, -0.25) is 0 Å². The van der Waals surface area contributed by atoms with E-state index in [1.807, 2.05) is 30.3 Å². The van der Waals surface area contributed by atoms with Crippen LogP contribution in [0.25, 0.3) is 0 Å². The van der Waals surface area contributed by atoms with Crippen LogP contribution >= 0.6 is 47.8 Å². The zero-order valence-corrected chi connectivity index (χ0v) is 14.9. The Balaban J connectivity index is 2.06. The fourth-order valence-corrected chi connectivity index (χ4v) is 3.30. The molecule has 1 atom stereocenters. The summed E-state index contributed by atoms with van der Waals surface area (Å²) in [6.07, 6.45) is 0.0366. The van der Waals surface area contributed by atoms with Crippen molar-refractivity contribution in [1.29, 1.82) is 0 Å². The van der Waals surface area contributed by atoms with Gasteiger partial charge in [0.2, 0.25) is 0 Å². The van der Waals surface area contributed by atoms with Crippen molar-refractivity contribution in [3.05, 3.63) is 68.6 Å². The Bertz CT molecular complexity index is 542. The smallest absolute Gasteiger partial charge is 0.0937 e. The lowest BCUT2D eigenvalue weighted by atomic mass is 10.1. The highest BCUT2D eigenvalue weighted by Gasteiger charge is 2.13. The molecule has 0 bridgehead atoms. The Morgan fingerprint density at radius 3 is 2.47 bits per heavy atom. The Morgan fingerprint density at radius 2 is 1.79 bits per heavy atom. The van der Waals surface area contributed by atoms with E-state index >= 15 is 0 Å². The molecule has 0 fully saturated rings. The van der Waals surface area contributed by atoms with E-state index in [1.165, 1.54) is 0 Å². The zero-order valence-electron chi connectivity index (χ0n) is 10.2. The van der Waals surface area contributed by atoms with E-state index in [0.717, 1.165) is 25.4 Å². The molecule has 0 heterocycles. The van der Waals surface area contributed by atoms with E-state index in [-0.39, 0.29) is 6.10 Å². The first-order chi connectivity index (χ1) is 9.20. The van der Waals surface area contributed by atoms with Gasteiger partial charge in [-0.05, 0) is 29.3 Å².